The molecule has 142 valence electrons. The van der Waals surface area contributed by atoms with Gasteiger partial charge in [-0.1, -0.05) is 0 Å². The molecule has 8 nitrogen and oxygen atoms in total. The Morgan fingerprint density at radius 1 is 1.19 bits per heavy atom. The molecule has 27 heavy (non-hydrogen) atoms. The molecule has 0 unspecified atom stereocenters. The second-order valence-electron chi connectivity index (χ2n) is 7.04. The third-order valence-corrected chi connectivity index (χ3v) is 7.10. The Balaban J connectivity index is 1.52. The van der Waals surface area contributed by atoms with E-state index in [9.17, 15) is 0 Å². The van der Waals surface area contributed by atoms with Gasteiger partial charge in [0.1, 0.15) is 15.7 Å². The van der Waals surface area contributed by atoms with Crippen molar-refractivity contribution in [1.82, 2.24) is 35.1 Å². The summed E-state index contributed by atoms with van der Waals surface area (Å²) in [5.74, 6) is 0.860. The van der Waals surface area contributed by atoms with Gasteiger partial charge in [0.25, 0.3) is 0 Å². The van der Waals surface area contributed by atoms with Crippen LogP contribution in [0.15, 0.2) is 10.2 Å². The monoisotopic (exact) mass is 403 g/mol. The highest BCUT2D eigenvalue weighted by molar-refractivity contribution is 7.99. The molecule has 1 aliphatic heterocycles. The van der Waals surface area contributed by atoms with E-state index in [1.165, 1.54) is 10.4 Å². The first-order valence-electron chi connectivity index (χ1n) is 9.21. The van der Waals surface area contributed by atoms with Gasteiger partial charge in [-0.05, 0) is 54.4 Å². The molecule has 4 heterocycles. The molecule has 3 aromatic rings. The van der Waals surface area contributed by atoms with Crippen LogP contribution >= 0.6 is 23.1 Å². The standard InChI is InChI=1S/C17H21N7OS2/c1-10-11(2)26-15-14(10)16(27-17-20-21-22-24(17)12-3-4-12)19-13(18-15)9-23-5-7-25-8-6-23/h12H,3-9H2,1-2H3. The average Bonchev–Trinajstić information content (AvgIpc) is 3.34. The number of aryl methyl sites for hydroxylation is 2. The number of tetrazole rings is 1. The number of aromatic nitrogens is 6. The highest BCUT2D eigenvalue weighted by Gasteiger charge is 2.29. The maximum atomic E-state index is 5.45. The SMILES string of the molecule is Cc1sc2nc(CN3CCOCC3)nc(Sc3nnnn3C3CC3)c2c1C. The third kappa shape index (κ3) is 3.46. The van der Waals surface area contributed by atoms with Crippen LogP contribution in [0.2, 0.25) is 0 Å². The van der Waals surface area contributed by atoms with E-state index >= 15 is 0 Å². The molecule has 0 atom stereocenters. The lowest BCUT2D eigenvalue weighted by molar-refractivity contribution is 0.0330. The van der Waals surface area contributed by atoms with E-state index in [-0.39, 0.29) is 0 Å². The Morgan fingerprint density at radius 2 is 2.00 bits per heavy atom. The molecule has 0 spiro atoms. The maximum absolute atomic E-state index is 5.45. The van der Waals surface area contributed by atoms with Crippen LogP contribution < -0.4 is 0 Å². The van der Waals surface area contributed by atoms with E-state index in [0.29, 0.717) is 6.04 Å². The minimum Gasteiger partial charge on any atom is -0.379 e. The van der Waals surface area contributed by atoms with E-state index in [1.54, 1.807) is 23.1 Å². The Bertz CT molecular complexity index is 975. The van der Waals surface area contributed by atoms with Gasteiger partial charge in [-0.15, -0.1) is 16.4 Å². The summed E-state index contributed by atoms with van der Waals surface area (Å²) < 4.78 is 7.39. The van der Waals surface area contributed by atoms with E-state index < -0.39 is 0 Å². The van der Waals surface area contributed by atoms with Gasteiger partial charge in [-0.2, -0.15) is 0 Å². The summed E-state index contributed by atoms with van der Waals surface area (Å²) in [5.41, 5.74) is 1.25. The van der Waals surface area contributed by atoms with Gasteiger partial charge >= 0.3 is 0 Å². The van der Waals surface area contributed by atoms with Crippen LogP contribution in [0.25, 0.3) is 10.2 Å². The molecule has 2 fully saturated rings. The zero-order valence-corrected chi connectivity index (χ0v) is 17.0. The largest absolute Gasteiger partial charge is 0.379 e. The van der Waals surface area contributed by atoms with E-state index in [4.69, 9.17) is 14.7 Å². The summed E-state index contributed by atoms with van der Waals surface area (Å²) in [6.45, 7) is 8.43. The molecule has 2 aliphatic rings. The van der Waals surface area contributed by atoms with Crippen LogP contribution in [-0.4, -0.2) is 61.4 Å². The van der Waals surface area contributed by atoms with E-state index in [0.717, 1.165) is 71.9 Å². The summed E-state index contributed by atoms with van der Waals surface area (Å²) >= 11 is 3.30. The Labute approximate surface area is 165 Å². The fraction of sp³-hybridized carbons (Fsp3) is 0.588. The maximum Gasteiger partial charge on any atom is 0.215 e. The van der Waals surface area contributed by atoms with Crippen molar-refractivity contribution >= 4 is 33.3 Å². The Hall–Kier alpha value is -1.62. The highest BCUT2D eigenvalue weighted by atomic mass is 32.2. The van der Waals surface area contributed by atoms with E-state index in [2.05, 4.69) is 34.3 Å². The molecule has 3 aromatic heterocycles. The summed E-state index contributed by atoms with van der Waals surface area (Å²) in [6, 6.07) is 0.443. The normalized spacial score (nSPS) is 18.4. The van der Waals surface area contributed by atoms with Crippen LogP contribution in [-0.2, 0) is 11.3 Å². The minimum atomic E-state index is 0.443. The van der Waals surface area contributed by atoms with Crippen molar-refractivity contribution in [3.63, 3.8) is 0 Å². The van der Waals surface area contributed by atoms with Crippen LogP contribution in [0.4, 0.5) is 0 Å². The van der Waals surface area contributed by atoms with Gasteiger partial charge in [0.05, 0.1) is 25.8 Å². The average molecular weight is 404 g/mol. The number of ether oxygens (including phenoxy) is 1. The predicted octanol–water partition coefficient (Wildman–Crippen LogP) is 2.61. The zero-order valence-electron chi connectivity index (χ0n) is 15.4. The van der Waals surface area contributed by atoms with Crippen molar-refractivity contribution in [2.45, 2.75) is 49.5 Å². The fourth-order valence-electron chi connectivity index (χ4n) is 3.25. The molecular weight excluding hydrogens is 382 g/mol. The number of nitrogens with zero attached hydrogens (tertiary/aromatic N) is 7. The smallest absolute Gasteiger partial charge is 0.215 e. The first-order valence-corrected chi connectivity index (χ1v) is 10.8. The molecule has 10 heteroatoms. The lowest BCUT2D eigenvalue weighted by Gasteiger charge is -2.25. The molecule has 0 aromatic carbocycles. The lowest BCUT2D eigenvalue weighted by atomic mass is 10.2. The first kappa shape index (κ1) is 17.5. The van der Waals surface area contributed by atoms with Gasteiger partial charge < -0.3 is 4.74 Å². The molecule has 0 radical (unpaired) electrons. The molecule has 1 saturated carbocycles. The number of hydrogen-bond acceptors (Lipinski definition) is 9. The summed E-state index contributed by atoms with van der Waals surface area (Å²) in [5, 5.41) is 15.2. The molecule has 1 aliphatic carbocycles. The van der Waals surface area contributed by atoms with Crippen LogP contribution in [0, 0.1) is 13.8 Å². The number of rotatable bonds is 5. The van der Waals surface area contributed by atoms with Crippen molar-refractivity contribution in [3.8, 4) is 0 Å². The van der Waals surface area contributed by atoms with Crippen molar-refractivity contribution in [2.24, 2.45) is 0 Å². The Morgan fingerprint density at radius 3 is 2.78 bits per heavy atom. The van der Waals surface area contributed by atoms with Crippen molar-refractivity contribution < 1.29 is 4.74 Å². The quantitative estimate of drug-likeness (QED) is 0.601. The predicted molar refractivity (Wildman–Crippen MR) is 103 cm³/mol. The highest BCUT2D eigenvalue weighted by Crippen LogP contribution is 2.41. The summed E-state index contributed by atoms with van der Waals surface area (Å²) in [7, 11) is 0. The van der Waals surface area contributed by atoms with Gasteiger partial charge in [0, 0.05) is 23.4 Å². The van der Waals surface area contributed by atoms with Gasteiger partial charge in [0.2, 0.25) is 5.16 Å². The summed E-state index contributed by atoms with van der Waals surface area (Å²) in [6.07, 6.45) is 2.30. The molecule has 0 N–H and O–H groups in total. The second-order valence-corrected chi connectivity index (χ2v) is 9.20. The van der Waals surface area contributed by atoms with Crippen molar-refractivity contribution in [2.75, 3.05) is 26.3 Å². The Kier molecular flexibility index (Phi) is 4.58. The van der Waals surface area contributed by atoms with Crippen LogP contribution in [0.3, 0.4) is 0 Å². The van der Waals surface area contributed by atoms with Gasteiger partial charge in [-0.25, -0.2) is 14.6 Å². The van der Waals surface area contributed by atoms with Gasteiger partial charge in [0.15, 0.2) is 0 Å². The van der Waals surface area contributed by atoms with Crippen molar-refractivity contribution in [1.29, 1.82) is 0 Å². The molecule has 0 bridgehead atoms. The molecular formula is C17H21N7OS2. The molecule has 0 amide bonds. The van der Waals surface area contributed by atoms with Gasteiger partial charge in [-0.3, -0.25) is 4.90 Å². The molecule has 1 saturated heterocycles. The van der Waals surface area contributed by atoms with Crippen LogP contribution in [0.1, 0.15) is 35.1 Å². The number of thiophene rings is 1. The van der Waals surface area contributed by atoms with Crippen LogP contribution in [0.5, 0.6) is 0 Å². The number of hydrogen-bond donors (Lipinski definition) is 0. The number of fused-ring (bicyclic) bond motifs is 1. The minimum absolute atomic E-state index is 0.443. The number of morpholine rings is 1. The van der Waals surface area contributed by atoms with Crippen molar-refractivity contribution in [3.05, 3.63) is 16.3 Å². The third-order valence-electron chi connectivity index (χ3n) is 5.05. The molecule has 5 rings (SSSR count). The van der Waals surface area contributed by atoms with E-state index in [1.807, 2.05) is 4.68 Å². The fourth-order valence-corrected chi connectivity index (χ4v) is 5.39. The topological polar surface area (TPSA) is 81.8 Å². The first-order chi connectivity index (χ1) is 13.2. The second kappa shape index (κ2) is 7.08. The zero-order chi connectivity index (χ0) is 18.4. The summed E-state index contributed by atoms with van der Waals surface area (Å²) in [4.78, 5) is 14.5. The lowest BCUT2D eigenvalue weighted by Crippen LogP contribution is -2.36.